The van der Waals surface area contributed by atoms with E-state index in [1.807, 2.05) is 0 Å². The zero-order valence-corrected chi connectivity index (χ0v) is 82.9. The number of nitrogens with zero attached hydrogens (tertiary/aromatic N) is 1. The Morgan fingerprint density at radius 3 is 1.24 bits per heavy atom. The molecule has 0 unspecified atom stereocenters. The molecule has 23 amide bonds. The lowest BCUT2D eigenvalue weighted by molar-refractivity contribution is -0.144. The summed E-state index contributed by atoms with van der Waals surface area (Å²) in [6.45, 7) is 8.20. The molecule has 143 heavy (non-hydrogen) atoms. The van der Waals surface area contributed by atoms with Gasteiger partial charge >= 0.3 is 5.97 Å². The first-order valence-corrected chi connectivity index (χ1v) is 47.5. The molecule has 2 rings (SSSR count). The van der Waals surface area contributed by atoms with Gasteiger partial charge in [0, 0.05) is 30.9 Å². The van der Waals surface area contributed by atoms with E-state index in [2.05, 4.69) is 126 Å². The Kier molecular flexibility index (Phi) is 57.2. The summed E-state index contributed by atoms with van der Waals surface area (Å²) in [4.78, 5) is 321. The summed E-state index contributed by atoms with van der Waals surface area (Å²) in [5.41, 5.74) is 33.1. The molecule has 0 spiro atoms. The first-order chi connectivity index (χ1) is 67.2. The molecule has 57 heteroatoms. The summed E-state index contributed by atoms with van der Waals surface area (Å²) < 4.78 is 0. The van der Waals surface area contributed by atoms with Crippen LogP contribution in [0, 0.1) is 17.8 Å². The van der Waals surface area contributed by atoms with E-state index in [-0.39, 0.29) is 88.6 Å². The molecule has 1 saturated heterocycles. The number of aliphatic hydroxyl groups is 3. The zero-order valence-electron chi connectivity index (χ0n) is 81.2. The molecule has 1 aliphatic rings. The highest BCUT2D eigenvalue weighted by Crippen LogP contribution is 2.22. The summed E-state index contributed by atoms with van der Waals surface area (Å²) in [5, 5.41) is 94.9. The van der Waals surface area contributed by atoms with Gasteiger partial charge in [0.05, 0.1) is 58.3 Å². The van der Waals surface area contributed by atoms with E-state index in [0.717, 1.165) is 4.90 Å². The molecule has 1 fully saturated rings. The van der Waals surface area contributed by atoms with E-state index in [1.165, 1.54) is 58.9 Å². The number of amides is 23. The number of benzene rings is 1. The van der Waals surface area contributed by atoms with Crippen LogP contribution in [0.25, 0.3) is 0 Å². The van der Waals surface area contributed by atoms with Crippen molar-refractivity contribution in [2.24, 2.45) is 52.2 Å². The number of rotatable bonds is 67. The molecule has 0 bridgehead atoms. The highest BCUT2D eigenvalue weighted by molar-refractivity contribution is 7.80. The van der Waals surface area contributed by atoms with Crippen molar-refractivity contribution < 1.29 is 141 Å². The van der Waals surface area contributed by atoms with Gasteiger partial charge in [-0.05, 0) is 140 Å². The number of carboxylic acid groups (broad SMARTS) is 1. The van der Waals surface area contributed by atoms with Gasteiger partial charge in [-0.15, -0.1) is 0 Å². The van der Waals surface area contributed by atoms with Crippen molar-refractivity contribution in [3.63, 3.8) is 0 Å². The predicted molar refractivity (Wildman–Crippen MR) is 514 cm³/mol. The first-order valence-electron chi connectivity index (χ1n) is 46.2. The minimum Gasteiger partial charge on any atom is -0.508 e. The number of primary amides is 3. The average Bonchev–Trinajstić information content (AvgIpc) is 1.74. The number of phenols is 1. The Hall–Kier alpha value is -13.2. The number of likely N-dealkylation sites (tertiary alicyclic amines) is 1. The van der Waals surface area contributed by atoms with Gasteiger partial charge in [0.15, 0.2) is 0 Å². The first kappa shape index (κ1) is 126. The van der Waals surface area contributed by atoms with Crippen LogP contribution in [-0.2, 0) is 121 Å². The molecule has 0 radical (unpaired) electrons. The van der Waals surface area contributed by atoms with Crippen LogP contribution in [0.2, 0.25) is 0 Å². The number of hydrogen-bond donors (Lipinski definition) is 32. The summed E-state index contributed by atoms with van der Waals surface area (Å²) >= 11 is 8.30. The highest BCUT2D eigenvalue weighted by Gasteiger charge is 2.43. The Bertz CT molecular complexity index is 4560. The van der Waals surface area contributed by atoms with Gasteiger partial charge in [0.2, 0.25) is 136 Å². The number of phenolic OH excluding ortho intramolecular Hbond substituents is 1. The molecule has 1 aromatic rings. The molecule has 18 atom stereocenters. The van der Waals surface area contributed by atoms with Crippen molar-refractivity contribution in [1.82, 2.24) is 106 Å². The fraction of sp³-hybridized carbons (Fsp3) is 0.651. The lowest BCUT2D eigenvalue weighted by atomic mass is 10.00. The third-order valence-electron chi connectivity index (χ3n) is 21.7. The number of nitrogens with two attached hydrogens (primary N) is 6. The lowest BCUT2D eigenvalue weighted by Crippen LogP contribution is -2.61. The molecule has 802 valence electrons. The monoisotopic (exact) mass is 2070 g/mol. The molecular formula is C86H142N26O29S2. The third kappa shape index (κ3) is 46.6. The van der Waals surface area contributed by atoms with E-state index in [4.69, 9.17) is 34.4 Å². The maximum atomic E-state index is 14.4. The van der Waals surface area contributed by atoms with Crippen LogP contribution in [0.4, 0.5) is 0 Å². The van der Waals surface area contributed by atoms with Crippen LogP contribution < -0.4 is 135 Å². The van der Waals surface area contributed by atoms with E-state index >= 15 is 0 Å². The van der Waals surface area contributed by atoms with Gasteiger partial charge in [0.25, 0.3) is 0 Å². The second kappa shape index (κ2) is 65.0. The van der Waals surface area contributed by atoms with Crippen molar-refractivity contribution in [2.75, 3.05) is 70.6 Å². The largest absolute Gasteiger partial charge is 0.508 e. The Balaban J connectivity index is 2.22. The smallest absolute Gasteiger partial charge is 0.326 e. The minimum absolute atomic E-state index is 0.0106. The third-order valence-corrected chi connectivity index (χ3v) is 22.4. The summed E-state index contributed by atoms with van der Waals surface area (Å²) in [6, 6.07) is -22.7. The van der Waals surface area contributed by atoms with Crippen LogP contribution in [0.5, 0.6) is 5.75 Å². The lowest BCUT2D eigenvalue weighted by Gasteiger charge is -2.30. The number of unbranched alkanes of at least 4 members (excludes halogenated alkanes) is 2. The van der Waals surface area contributed by atoms with E-state index in [1.54, 1.807) is 27.7 Å². The standard InChI is InChI=1S/C86H142N26O29S2/c1-40(2)27-52(76(130)102-49(15-10-12-24-87)74(128)104-53(28-41(3)4)75(129)97-44(8)71(125)107-57(36-114)80(134)110-60(39-143)82(136)106-55(31-64(92)119)85(139)112-26-14-17-61(112)83(137)108-58(37-115)79(133)103-51(86(140)141)16-11-13-25-88)99-67(122)34-94-69(123)43(7)96-73(127)50(22-23-62(90)117)101-70(124)45(9)98-84(138)68(42(5)6)111-77(131)54(29-46-18-20-47(116)21-19-46)105-81(135)59(38-142)109-78(132)56(35-113)100-66(121)33-93-65(120)32-95-72(126)48(89)30-63(91)118/h18-21,40-45,48-61,68,113-116,142-143H,10-17,22-39,87-89H2,1-9H3,(H2,90,117)(H2,91,118)(H2,92,119)(H,93,120)(H,94,123)(H,95,126)(H,96,127)(H,97,129)(H,98,138)(H,99,122)(H,100,121)(H,101,124)(H,102,130)(H,103,133)(H,104,128)(H,105,135)(H,106,136)(H,107,125)(H,108,137)(H,109,132)(H,110,134)(H,111,131)(H,140,141)/t43-,44-,45-,48-,49-,50-,51-,52-,53-,54-,55-,56-,57-,58-,59-,60-,61-,68-/m0/s1. The van der Waals surface area contributed by atoms with Crippen LogP contribution in [0.1, 0.15) is 158 Å². The van der Waals surface area contributed by atoms with Crippen molar-refractivity contribution >= 4 is 167 Å². The number of nitrogens with one attached hydrogen (secondary N) is 19. The normalized spacial score (nSPS) is 15.7. The molecule has 0 saturated carbocycles. The van der Waals surface area contributed by atoms with Gasteiger partial charge in [-0.3, -0.25) is 110 Å². The van der Waals surface area contributed by atoms with Gasteiger partial charge < -0.3 is 166 Å². The predicted octanol–water partition coefficient (Wildman–Crippen LogP) is -13.6. The maximum Gasteiger partial charge on any atom is 0.326 e. The Morgan fingerprint density at radius 2 is 0.755 bits per heavy atom. The SMILES string of the molecule is CC(C)C[C@H](NC(=O)CNC(=O)[C@H](C)NC(=O)[C@H](CCC(N)=O)NC(=O)[C@H](C)NC(=O)[C@@H](NC(=O)[C@H](Cc1ccc(O)cc1)NC(=O)[C@H](CS)NC(=O)[C@H](CO)NC(=O)CNC(=O)CNC(=O)[C@@H](N)CC(N)=O)C(C)C)C(=O)N[C@@H](CCCCN)C(=O)N[C@@H](CC(C)C)C(=O)N[C@@H](C)C(=O)N[C@@H](CO)C(=O)N[C@@H](CS)C(=O)N[C@@H](CC(N)=O)C(=O)N1CCC[C@H]1C(=O)N[C@@H](CO)C(=O)N[C@@H](CCCCN)C(=O)O. The molecule has 55 nitrogen and oxygen atoms in total. The molecule has 0 aliphatic carbocycles. The van der Waals surface area contributed by atoms with Crippen molar-refractivity contribution in [2.45, 2.75) is 267 Å². The molecule has 1 aromatic carbocycles. The van der Waals surface area contributed by atoms with Crippen LogP contribution in [0.3, 0.4) is 0 Å². The molecule has 0 aromatic heterocycles. The van der Waals surface area contributed by atoms with Crippen molar-refractivity contribution in [3.8, 4) is 5.75 Å². The zero-order chi connectivity index (χ0) is 108. The van der Waals surface area contributed by atoms with Crippen LogP contribution in [-0.4, -0.2) is 352 Å². The van der Waals surface area contributed by atoms with Crippen LogP contribution >= 0.6 is 25.3 Å². The minimum atomic E-state index is -1.85. The van der Waals surface area contributed by atoms with Gasteiger partial charge in [0.1, 0.15) is 108 Å². The van der Waals surface area contributed by atoms with E-state index in [9.17, 15) is 141 Å². The summed E-state index contributed by atoms with van der Waals surface area (Å²) in [7, 11) is 0. The Morgan fingerprint density at radius 1 is 0.385 bits per heavy atom. The maximum absolute atomic E-state index is 14.4. The van der Waals surface area contributed by atoms with Crippen molar-refractivity contribution in [1.29, 1.82) is 0 Å². The average molecular weight is 2070 g/mol. The fourth-order valence-corrected chi connectivity index (χ4v) is 14.3. The summed E-state index contributed by atoms with van der Waals surface area (Å²) in [6.07, 6.45) is -1.38. The summed E-state index contributed by atoms with van der Waals surface area (Å²) in [5.74, 6) is -27.2. The number of carboxylic acids is 1. The second-order valence-corrected chi connectivity index (χ2v) is 35.8. The van der Waals surface area contributed by atoms with E-state index in [0.29, 0.717) is 24.8 Å². The number of aliphatic hydroxyl groups excluding tert-OH is 3. The molecule has 36 N–H and O–H groups in total. The number of thiol groups is 2. The topological polar surface area (TPSA) is 899 Å². The number of carbonyl (C=O) groups is 24. The molecular weight excluding hydrogens is 1930 g/mol. The number of aliphatic carboxylic acids is 1. The van der Waals surface area contributed by atoms with E-state index < -0.39 is 333 Å². The van der Waals surface area contributed by atoms with Gasteiger partial charge in [-0.25, -0.2) is 4.79 Å². The molecule has 1 aliphatic heterocycles. The Labute approximate surface area is 835 Å². The van der Waals surface area contributed by atoms with Gasteiger partial charge in [-0.1, -0.05) is 53.7 Å². The fourth-order valence-electron chi connectivity index (χ4n) is 13.8. The number of carbonyl (C=O) groups excluding carboxylic acids is 23. The van der Waals surface area contributed by atoms with Crippen LogP contribution in [0.15, 0.2) is 24.3 Å². The quantitative estimate of drug-likeness (QED) is 0.0213. The highest BCUT2D eigenvalue weighted by atomic mass is 32.1. The second-order valence-electron chi connectivity index (χ2n) is 35.1. The van der Waals surface area contributed by atoms with Gasteiger partial charge in [-0.2, -0.15) is 25.3 Å². The number of hydrogen-bond acceptors (Lipinski definition) is 33. The molecule has 1 heterocycles. The number of aromatic hydroxyl groups is 1. The van der Waals surface area contributed by atoms with Crippen molar-refractivity contribution in [3.05, 3.63) is 29.8 Å².